The van der Waals surface area contributed by atoms with Crippen molar-refractivity contribution in [3.05, 3.63) is 59.2 Å². The average molecular weight is 409 g/mol. The lowest BCUT2D eigenvalue weighted by Gasteiger charge is -2.27. The molecule has 0 saturated heterocycles. The van der Waals surface area contributed by atoms with Gasteiger partial charge in [-0.2, -0.15) is 0 Å². The number of aryl methyl sites for hydroxylation is 1. The number of hydroxylamine groups is 1. The van der Waals surface area contributed by atoms with E-state index in [1.165, 1.54) is 25.1 Å². The molecule has 30 heavy (non-hydrogen) atoms. The van der Waals surface area contributed by atoms with Crippen molar-refractivity contribution < 1.29 is 19.6 Å². The third-order valence-corrected chi connectivity index (χ3v) is 5.04. The van der Waals surface area contributed by atoms with Crippen LogP contribution in [0.1, 0.15) is 31.4 Å². The number of carbonyl (C=O) groups is 3. The Labute approximate surface area is 176 Å². The van der Waals surface area contributed by atoms with E-state index in [0.717, 1.165) is 16.9 Å². The van der Waals surface area contributed by atoms with Gasteiger partial charge in [0.1, 0.15) is 0 Å². The Morgan fingerprint density at radius 1 is 1.23 bits per heavy atom. The molecule has 0 aliphatic heterocycles. The number of hydrogen-bond donors (Lipinski definition) is 3. The molecule has 7 heteroatoms. The topological polar surface area (TPSA) is 98.7 Å². The number of benzene rings is 1. The maximum atomic E-state index is 12.8. The third-order valence-electron chi connectivity index (χ3n) is 5.04. The smallest absolute Gasteiger partial charge is 0.275 e. The van der Waals surface area contributed by atoms with Crippen molar-refractivity contribution >= 4 is 17.7 Å². The van der Waals surface area contributed by atoms with E-state index < -0.39 is 29.2 Å². The summed E-state index contributed by atoms with van der Waals surface area (Å²) in [5.74, 6) is 4.22. The summed E-state index contributed by atoms with van der Waals surface area (Å²) in [6, 6.07) is 6.61. The first-order valence-corrected chi connectivity index (χ1v) is 9.69. The fourth-order valence-corrected chi connectivity index (χ4v) is 3.01. The molecule has 3 amide bonds. The number of nitrogens with zero attached hydrogens (tertiary/aromatic N) is 1. The Morgan fingerprint density at radius 2 is 1.90 bits per heavy atom. The molecule has 7 nitrogen and oxygen atoms in total. The highest BCUT2D eigenvalue weighted by Gasteiger charge is 2.34. The maximum Gasteiger partial charge on any atom is 0.275 e. The highest BCUT2D eigenvalue weighted by atomic mass is 16.5. The van der Waals surface area contributed by atoms with Crippen molar-refractivity contribution in [3.63, 3.8) is 0 Å². The van der Waals surface area contributed by atoms with E-state index in [-0.39, 0.29) is 0 Å². The summed E-state index contributed by atoms with van der Waals surface area (Å²) in [5.41, 5.74) is 3.52. The Bertz CT molecular complexity index is 921. The fourth-order valence-electron chi connectivity index (χ4n) is 3.01. The normalized spacial score (nSPS) is 18.4. The second-order valence-corrected chi connectivity index (χ2v) is 7.32. The Hall–Kier alpha value is -3.37. The first-order chi connectivity index (χ1) is 14.2. The number of rotatable bonds is 5. The lowest BCUT2D eigenvalue weighted by atomic mass is 9.82. The van der Waals surface area contributed by atoms with Crippen molar-refractivity contribution in [1.82, 2.24) is 15.7 Å². The van der Waals surface area contributed by atoms with Crippen LogP contribution in [0.2, 0.25) is 0 Å². The SMILES string of the molecule is CCc1ccc(C#CC2(C)C=CC(C(=O)N(C)C(C(=O)NC)C(=O)NO)=CC2)cc1. The van der Waals surface area contributed by atoms with Crippen LogP contribution in [0.4, 0.5) is 0 Å². The predicted molar refractivity (Wildman–Crippen MR) is 113 cm³/mol. The quantitative estimate of drug-likeness (QED) is 0.298. The predicted octanol–water partition coefficient (Wildman–Crippen LogP) is 1.57. The standard InChI is InChI=1S/C23H27N3O4/c1-5-16-6-8-17(9-7-16)10-13-23(2)14-11-18(12-15-23)22(29)26(4)19(20(27)24-3)21(28)25-30/h6-9,11-12,14,19,30H,5,15H2,1-4H3,(H,24,27)(H,25,28). The molecule has 0 radical (unpaired) electrons. The fraction of sp³-hybridized carbons (Fsp3) is 0.348. The van der Waals surface area contributed by atoms with Crippen molar-refractivity contribution in [2.24, 2.45) is 5.41 Å². The number of carbonyl (C=O) groups excluding carboxylic acids is 3. The molecular formula is C23H27N3O4. The Kier molecular flexibility index (Phi) is 7.56. The first-order valence-electron chi connectivity index (χ1n) is 9.69. The van der Waals surface area contributed by atoms with E-state index >= 15 is 0 Å². The molecule has 3 N–H and O–H groups in total. The summed E-state index contributed by atoms with van der Waals surface area (Å²) in [4.78, 5) is 37.6. The molecule has 2 unspecified atom stereocenters. The van der Waals surface area contributed by atoms with E-state index in [2.05, 4.69) is 36.2 Å². The Balaban J connectivity index is 2.13. The van der Waals surface area contributed by atoms with Crippen LogP contribution < -0.4 is 10.8 Å². The van der Waals surface area contributed by atoms with E-state index in [4.69, 9.17) is 5.21 Å². The molecule has 1 aliphatic rings. The van der Waals surface area contributed by atoms with Gasteiger partial charge in [-0.1, -0.05) is 49.1 Å². The summed E-state index contributed by atoms with van der Waals surface area (Å²) in [6.45, 7) is 4.08. The maximum absolute atomic E-state index is 12.8. The molecule has 0 bridgehead atoms. The van der Waals surface area contributed by atoms with Crippen LogP contribution >= 0.6 is 0 Å². The summed E-state index contributed by atoms with van der Waals surface area (Å²) >= 11 is 0. The third kappa shape index (κ3) is 5.37. The molecule has 0 fully saturated rings. The minimum atomic E-state index is -1.49. The lowest BCUT2D eigenvalue weighted by molar-refractivity contribution is -0.147. The molecule has 1 aromatic rings. The minimum absolute atomic E-state index is 0.351. The van der Waals surface area contributed by atoms with Gasteiger partial charge >= 0.3 is 0 Å². The highest BCUT2D eigenvalue weighted by Crippen LogP contribution is 2.29. The zero-order chi connectivity index (χ0) is 22.3. The second kappa shape index (κ2) is 9.90. The van der Waals surface area contributed by atoms with Crippen molar-refractivity contribution in [3.8, 4) is 11.8 Å². The number of allylic oxidation sites excluding steroid dienone is 2. The van der Waals surface area contributed by atoms with Gasteiger partial charge in [-0.25, -0.2) is 5.48 Å². The van der Waals surface area contributed by atoms with E-state index in [1.54, 1.807) is 12.2 Å². The van der Waals surface area contributed by atoms with Crippen LogP contribution in [-0.4, -0.2) is 48.0 Å². The van der Waals surface area contributed by atoms with Crippen molar-refractivity contribution in [1.29, 1.82) is 0 Å². The molecule has 0 spiro atoms. The van der Waals surface area contributed by atoms with Crippen LogP contribution in [0.5, 0.6) is 0 Å². The zero-order valence-electron chi connectivity index (χ0n) is 17.7. The van der Waals surface area contributed by atoms with Gasteiger partial charge in [0.15, 0.2) is 6.04 Å². The summed E-state index contributed by atoms with van der Waals surface area (Å²) in [6.07, 6.45) is 6.73. The van der Waals surface area contributed by atoms with E-state index in [1.807, 2.05) is 25.1 Å². The number of likely N-dealkylation sites (N-methyl/N-ethyl adjacent to an activating group) is 2. The number of amides is 3. The second-order valence-electron chi connectivity index (χ2n) is 7.32. The van der Waals surface area contributed by atoms with Crippen LogP contribution in [0.3, 0.4) is 0 Å². The first kappa shape index (κ1) is 22.9. The summed E-state index contributed by atoms with van der Waals surface area (Å²) in [5, 5.41) is 11.2. The molecule has 0 saturated carbocycles. The molecular weight excluding hydrogens is 382 g/mol. The lowest BCUT2D eigenvalue weighted by Crippen LogP contribution is -2.55. The van der Waals surface area contributed by atoms with Gasteiger partial charge in [0.25, 0.3) is 17.7 Å². The Morgan fingerprint density at radius 3 is 2.40 bits per heavy atom. The molecule has 158 valence electrons. The van der Waals surface area contributed by atoms with Crippen LogP contribution in [-0.2, 0) is 20.8 Å². The number of hydrogen-bond acceptors (Lipinski definition) is 4. The molecule has 1 aromatic carbocycles. The van der Waals surface area contributed by atoms with Gasteiger partial charge in [0.2, 0.25) is 0 Å². The molecule has 2 atom stereocenters. The molecule has 0 heterocycles. The summed E-state index contributed by atoms with van der Waals surface area (Å²) < 4.78 is 0. The zero-order valence-corrected chi connectivity index (χ0v) is 17.7. The van der Waals surface area contributed by atoms with Gasteiger partial charge in [-0.3, -0.25) is 19.6 Å². The number of nitrogens with one attached hydrogen (secondary N) is 2. The van der Waals surface area contributed by atoms with Gasteiger partial charge in [0.05, 0.1) is 5.41 Å². The van der Waals surface area contributed by atoms with E-state index in [9.17, 15) is 14.4 Å². The molecule has 0 aromatic heterocycles. The van der Waals surface area contributed by atoms with Gasteiger partial charge < -0.3 is 10.2 Å². The van der Waals surface area contributed by atoms with Gasteiger partial charge in [-0.05, 0) is 37.5 Å². The van der Waals surface area contributed by atoms with Crippen LogP contribution in [0.25, 0.3) is 0 Å². The van der Waals surface area contributed by atoms with Crippen LogP contribution in [0, 0.1) is 17.3 Å². The molecule has 1 aliphatic carbocycles. The van der Waals surface area contributed by atoms with Crippen LogP contribution in [0.15, 0.2) is 48.1 Å². The summed E-state index contributed by atoms with van der Waals surface area (Å²) in [7, 11) is 2.68. The highest BCUT2D eigenvalue weighted by molar-refractivity contribution is 6.09. The van der Waals surface area contributed by atoms with Crippen molar-refractivity contribution in [2.75, 3.05) is 14.1 Å². The van der Waals surface area contributed by atoms with Crippen molar-refractivity contribution in [2.45, 2.75) is 32.7 Å². The average Bonchev–Trinajstić information content (AvgIpc) is 2.77. The molecule has 2 rings (SSSR count). The largest absolute Gasteiger partial charge is 0.357 e. The van der Waals surface area contributed by atoms with E-state index in [0.29, 0.717) is 12.0 Å². The monoisotopic (exact) mass is 409 g/mol. The van der Waals surface area contributed by atoms with Gasteiger partial charge in [-0.15, -0.1) is 0 Å². The minimum Gasteiger partial charge on any atom is -0.357 e. The van der Waals surface area contributed by atoms with Gasteiger partial charge in [0, 0.05) is 25.2 Å².